The molecule has 1 amide bonds. The van der Waals surface area contributed by atoms with Crippen molar-refractivity contribution in [2.75, 3.05) is 14.2 Å². The molecular weight excluding hydrogens is 414 g/mol. The Kier molecular flexibility index (Phi) is 5.34. The minimum Gasteiger partial charge on any atom is -0.493 e. The first kappa shape index (κ1) is 20.8. The highest BCUT2D eigenvalue weighted by Crippen LogP contribution is 2.45. The van der Waals surface area contributed by atoms with Gasteiger partial charge in [0, 0.05) is 17.7 Å². The van der Waals surface area contributed by atoms with E-state index in [1.54, 1.807) is 14.2 Å². The highest BCUT2D eigenvalue weighted by molar-refractivity contribution is 6.00. The number of carbonyl (C=O) groups excluding carboxylic acids is 1. The summed E-state index contributed by atoms with van der Waals surface area (Å²) >= 11 is 0. The second kappa shape index (κ2) is 8.47. The Morgan fingerprint density at radius 1 is 0.939 bits per heavy atom. The van der Waals surface area contributed by atoms with Gasteiger partial charge in [-0.25, -0.2) is 0 Å². The van der Waals surface area contributed by atoms with Crippen LogP contribution in [0.15, 0.2) is 72.8 Å². The highest BCUT2D eigenvalue weighted by Gasteiger charge is 2.42. The van der Waals surface area contributed by atoms with Gasteiger partial charge < -0.3 is 14.4 Å². The first-order chi connectivity index (χ1) is 16.1. The van der Waals surface area contributed by atoms with Gasteiger partial charge in [-0.15, -0.1) is 0 Å². The molecule has 1 aliphatic rings. The molecule has 6 nitrogen and oxygen atoms in total. The number of hydrogen-bond donors (Lipinski definition) is 1. The monoisotopic (exact) mass is 439 g/mol. The van der Waals surface area contributed by atoms with Crippen LogP contribution < -0.4 is 9.47 Å². The number of nitrogens with zero attached hydrogens (tertiary/aromatic N) is 2. The Hall–Kier alpha value is -4.06. The van der Waals surface area contributed by atoms with E-state index in [0.29, 0.717) is 23.7 Å². The van der Waals surface area contributed by atoms with E-state index in [1.807, 2.05) is 65.6 Å². The highest BCUT2D eigenvalue weighted by atomic mass is 16.5. The Bertz CT molecular complexity index is 1300. The molecule has 33 heavy (non-hydrogen) atoms. The van der Waals surface area contributed by atoms with Gasteiger partial charge >= 0.3 is 0 Å². The summed E-state index contributed by atoms with van der Waals surface area (Å²) in [5, 5.41) is 7.57. The molecule has 0 aliphatic carbocycles. The van der Waals surface area contributed by atoms with Crippen molar-refractivity contribution in [2.45, 2.75) is 19.5 Å². The Balaban J connectivity index is 1.66. The number of methoxy groups -OCH3 is 2. The summed E-state index contributed by atoms with van der Waals surface area (Å²) < 4.78 is 11.0. The lowest BCUT2D eigenvalue weighted by molar-refractivity contribution is 0.0730. The number of aromatic amines is 1. The SMILES string of the molecule is COc1ccc(C2c3c(-c4ccc(C)cc4)n[nH]c3C(=O)N2Cc2ccccc2)cc1OC. The molecule has 0 radical (unpaired) electrons. The summed E-state index contributed by atoms with van der Waals surface area (Å²) in [7, 11) is 3.23. The van der Waals surface area contributed by atoms with Gasteiger partial charge in [-0.3, -0.25) is 9.89 Å². The number of aromatic nitrogens is 2. The van der Waals surface area contributed by atoms with E-state index in [2.05, 4.69) is 29.3 Å². The van der Waals surface area contributed by atoms with Gasteiger partial charge in [0.2, 0.25) is 0 Å². The minimum atomic E-state index is -0.317. The van der Waals surface area contributed by atoms with Crippen molar-refractivity contribution in [3.8, 4) is 22.8 Å². The molecule has 1 N–H and O–H groups in total. The van der Waals surface area contributed by atoms with Crippen LogP contribution in [0.3, 0.4) is 0 Å². The maximum Gasteiger partial charge on any atom is 0.273 e. The average molecular weight is 440 g/mol. The van der Waals surface area contributed by atoms with Crippen molar-refractivity contribution in [3.05, 3.63) is 101 Å². The number of hydrogen-bond acceptors (Lipinski definition) is 4. The largest absolute Gasteiger partial charge is 0.493 e. The van der Waals surface area contributed by atoms with Crippen LogP contribution in [0.25, 0.3) is 11.3 Å². The quantitative estimate of drug-likeness (QED) is 0.451. The van der Waals surface area contributed by atoms with E-state index in [0.717, 1.165) is 27.9 Å². The van der Waals surface area contributed by atoms with Crippen LogP contribution in [0.2, 0.25) is 0 Å². The lowest BCUT2D eigenvalue weighted by Crippen LogP contribution is -2.29. The number of benzene rings is 3. The topological polar surface area (TPSA) is 67.5 Å². The normalized spacial score (nSPS) is 14.9. The summed E-state index contributed by atoms with van der Waals surface area (Å²) in [6, 6.07) is 23.7. The van der Waals surface area contributed by atoms with Crippen LogP contribution in [-0.4, -0.2) is 35.2 Å². The third-order valence-electron chi connectivity index (χ3n) is 6.11. The van der Waals surface area contributed by atoms with Gasteiger partial charge in [-0.05, 0) is 30.2 Å². The molecule has 5 rings (SSSR count). The zero-order chi connectivity index (χ0) is 22.9. The second-order valence-corrected chi connectivity index (χ2v) is 8.16. The molecule has 0 spiro atoms. The van der Waals surface area contributed by atoms with E-state index >= 15 is 0 Å². The molecule has 1 unspecified atom stereocenters. The number of amides is 1. The molecular formula is C27H25N3O3. The van der Waals surface area contributed by atoms with Crippen molar-refractivity contribution < 1.29 is 14.3 Å². The fourth-order valence-electron chi connectivity index (χ4n) is 4.44. The van der Waals surface area contributed by atoms with Gasteiger partial charge in [-0.1, -0.05) is 66.2 Å². The first-order valence-corrected chi connectivity index (χ1v) is 10.8. The Morgan fingerprint density at radius 2 is 1.67 bits per heavy atom. The molecule has 2 heterocycles. The number of H-pyrrole nitrogens is 1. The van der Waals surface area contributed by atoms with Crippen molar-refractivity contribution in [1.82, 2.24) is 15.1 Å². The van der Waals surface area contributed by atoms with Crippen LogP contribution in [0, 0.1) is 6.92 Å². The first-order valence-electron chi connectivity index (χ1n) is 10.8. The van der Waals surface area contributed by atoms with Crippen LogP contribution in [0.4, 0.5) is 0 Å². The Labute approximate surface area is 192 Å². The second-order valence-electron chi connectivity index (χ2n) is 8.16. The number of carbonyl (C=O) groups is 1. The van der Waals surface area contributed by atoms with Crippen LogP contribution >= 0.6 is 0 Å². The van der Waals surface area contributed by atoms with Crippen LogP contribution in [0.1, 0.15) is 38.8 Å². The minimum absolute atomic E-state index is 0.0699. The zero-order valence-electron chi connectivity index (χ0n) is 18.8. The summed E-state index contributed by atoms with van der Waals surface area (Å²) in [6.07, 6.45) is 0. The van der Waals surface area contributed by atoms with Gasteiger partial charge in [-0.2, -0.15) is 5.10 Å². The third kappa shape index (κ3) is 3.63. The van der Waals surface area contributed by atoms with E-state index in [1.165, 1.54) is 5.56 Å². The van der Waals surface area contributed by atoms with Crippen molar-refractivity contribution >= 4 is 5.91 Å². The van der Waals surface area contributed by atoms with Crippen molar-refractivity contribution in [3.63, 3.8) is 0 Å². The Morgan fingerprint density at radius 3 is 2.36 bits per heavy atom. The molecule has 166 valence electrons. The average Bonchev–Trinajstić information content (AvgIpc) is 3.39. The van der Waals surface area contributed by atoms with Gasteiger partial charge in [0.15, 0.2) is 11.5 Å². The maximum absolute atomic E-state index is 13.6. The molecule has 0 fully saturated rings. The molecule has 0 saturated carbocycles. The van der Waals surface area contributed by atoms with Crippen molar-refractivity contribution in [2.24, 2.45) is 0 Å². The predicted octanol–water partition coefficient (Wildman–Crippen LogP) is 5.15. The summed E-state index contributed by atoms with van der Waals surface area (Å²) in [5.74, 6) is 1.20. The summed E-state index contributed by atoms with van der Waals surface area (Å²) in [4.78, 5) is 15.4. The number of rotatable bonds is 6. The molecule has 1 atom stereocenters. The van der Waals surface area contributed by atoms with E-state index in [4.69, 9.17) is 9.47 Å². The maximum atomic E-state index is 13.6. The fourth-order valence-corrected chi connectivity index (χ4v) is 4.44. The third-order valence-corrected chi connectivity index (χ3v) is 6.11. The molecule has 6 heteroatoms. The van der Waals surface area contributed by atoms with Gasteiger partial charge in [0.25, 0.3) is 5.91 Å². The lowest BCUT2D eigenvalue weighted by Gasteiger charge is -2.27. The number of aryl methyl sites for hydroxylation is 1. The molecule has 0 saturated heterocycles. The molecule has 1 aromatic heterocycles. The van der Waals surface area contributed by atoms with Gasteiger partial charge in [0.1, 0.15) is 5.69 Å². The van der Waals surface area contributed by atoms with Crippen LogP contribution in [0.5, 0.6) is 11.5 Å². The van der Waals surface area contributed by atoms with E-state index in [9.17, 15) is 4.79 Å². The number of nitrogens with one attached hydrogen (secondary N) is 1. The standard InChI is InChI=1S/C27H25N3O3/c1-17-9-11-19(12-10-17)24-23-25(29-28-24)27(31)30(16-18-7-5-4-6-8-18)26(23)20-13-14-21(32-2)22(15-20)33-3/h4-15,26H,16H2,1-3H3,(H,28,29). The van der Waals surface area contributed by atoms with Crippen LogP contribution in [-0.2, 0) is 6.54 Å². The van der Waals surface area contributed by atoms with Gasteiger partial charge in [0.05, 0.1) is 26.0 Å². The molecule has 3 aromatic carbocycles. The van der Waals surface area contributed by atoms with E-state index in [-0.39, 0.29) is 11.9 Å². The molecule has 4 aromatic rings. The van der Waals surface area contributed by atoms with E-state index < -0.39 is 0 Å². The zero-order valence-corrected chi connectivity index (χ0v) is 18.8. The lowest BCUT2D eigenvalue weighted by atomic mass is 9.95. The van der Waals surface area contributed by atoms with Crippen molar-refractivity contribution in [1.29, 1.82) is 0 Å². The fraction of sp³-hybridized carbons (Fsp3) is 0.185. The smallest absolute Gasteiger partial charge is 0.273 e. The summed E-state index contributed by atoms with van der Waals surface area (Å²) in [6.45, 7) is 2.53. The summed E-state index contributed by atoms with van der Waals surface area (Å²) in [5.41, 5.74) is 6.33. The number of fused-ring (bicyclic) bond motifs is 1. The molecule has 1 aliphatic heterocycles. The number of ether oxygens (including phenoxy) is 2. The molecule has 0 bridgehead atoms. The predicted molar refractivity (Wildman–Crippen MR) is 126 cm³/mol.